The predicted octanol–water partition coefficient (Wildman–Crippen LogP) is 4.27. The lowest BCUT2D eigenvalue weighted by Gasteiger charge is -2.28. The smallest absolute Gasteiger partial charge is 0.287 e. The largest absolute Gasteiger partial charge is 0.459 e. The number of hydrogen-bond donors (Lipinski definition) is 1. The Bertz CT molecular complexity index is 650. The highest BCUT2D eigenvalue weighted by Gasteiger charge is 2.22. The van der Waals surface area contributed by atoms with Gasteiger partial charge in [0.1, 0.15) is 0 Å². The normalized spacial score (nSPS) is 20.7. The molecule has 0 saturated heterocycles. The maximum atomic E-state index is 12.4. The van der Waals surface area contributed by atoms with Gasteiger partial charge in [-0.3, -0.25) is 4.79 Å². The molecular formula is C20H25NO3. The van der Waals surface area contributed by atoms with Crippen LogP contribution in [0.5, 0.6) is 0 Å². The minimum absolute atomic E-state index is 0.195. The van der Waals surface area contributed by atoms with Crippen molar-refractivity contribution in [3.05, 3.63) is 48.4 Å². The highest BCUT2D eigenvalue weighted by Crippen LogP contribution is 2.26. The highest BCUT2D eigenvalue weighted by molar-refractivity contribution is 5.98. The Morgan fingerprint density at radius 1 is 1.21 bits per heavy atom. The van der Waals surface area contributed by atoms with Gasteiger partial charge in [-0.15, -0.1) is 0 Å². The van der Waals surface area contributed by atoms with Gasteiger partial charge >= 0.3 is 0 Å². The molecule has 3 rings (SSSR count). The van der Waals surface area contributed by atoms with Gasteiger partial charge in [0.05, 0.1) is 19.0 Å². The van der Waals surface area contributed by atoms with Crippen LogP contribution in [0.1, 0.15) is 43.2 Å². The molecule has 1 aliphatic carbocycles. The molecule has 1 amide bonds. The molecule has 2 aromatic rings. The van der Waals surface area contributed by atoms with Gasteiger partial charge in [0.15, 0.2) is 5.76 Å². The number of carbonyl (C=O) groups is 1. The topological polar surface area (TPSA) is 51.5 Å². The van der Waals surface area contributed by atoms with Crippen molar-refractivity contribution in [1.29, 1.82) is 0 Å². The zero-order valence-electron chi connectivity index (χ0n) is 14.2. The van der Waals surface area contributed by atoms with Crippen molar-refractivity contribution in [3.8, 4) is 11.1 Å². The molecule has 4 nitrogen and oxygen atoms in total. The van der Waals surface area contributed by atoms with E-state index in [1.54, 1.807) is 6.26 Å². The van der Waals surface area contributed by atoms with E-state index in [9.17, 15) is 4.79 Å². The van der Waals surface area contributed by atoms with E-state index >= 15 is 0 Å². The van der Waals surface area contributed by atoms with E-state index in [4.69, 9.17) is 9.15 Å². The highest BCUT2D eigenvalue weighted by atomic mass is 16.5. The maximum Gasteiger partial charge on any atom is 0.287 e. The third-order valence-corrected chi connectivity index (χ3v) is 4.71. The van der Waals surface area contributed by atoms with Gasteiger partial charge in [0, 0.05) is 12.1 Å². The zero-order valence-corrected chi connectivity index (χ0v) is 14.2. The standard InChI is InChI=1S/C20H25NO3/c1-15-7-5-6-10-18(15)23-14-12-21-20(22)19-17(11-13-24-19)16-8-3-2-4-9-16/h2-4,8-9,11,13,15,18H,5-7,10,12,14H2,1H3,(H,21,22)/t15-,18-/m1/s1. The van der Waals surface area contributed by atoms with Crippen molar-refractivity contribution in [2.24, 2.45) is 5.92 Å². The molecule has 128 valence electrons. The lowest BCUT2D eigenvalue weighted by Crippen LogP contribution is -2.31. The minimum atomic E-state index is -0.195. The van der Waals surface area contributed by atoms with Crippen LogP contribution in [0.2, 0.25) is 0 Å². The molecule has 0 spiro atoms. The van der Waals surface area contributed by atoms with Crippen LogP contribution >= 0.6 is 0 Å². The van der Waals surface area contributed by atoms with E-state index < -0.39 is 0 Å². The van der Waals surface area contributed by atoms with E-state index in [0.29, 0.717) is 30.9 Å². The van der Waals surface area contributed by atoms with Gasteiger partial charge in [-0.25, -0.2) is 0 Å². The van der Waals surface area contributed by atoms with Crippen molar-refractivity contribution in [3.63, 3.8) is 0 Å². The second-order valence-electron chi connectivity index (χ2n) is 6.46. The van der Waals surface area contributed by atoms with Crippen LogP contribution in [0.15, 0.2) is 47.1 Å². The Morgan fingerprint density at radius 2 is 2.00 bits per heavy atom. The second-order valence-corrected chi connectivity index (χ2v) is 6.46. The number of furan rings is 1. The van der Waals surface area contributed by atoms with Crippen LogP contribution in [0.25, 0.3) is 11.1 Å². The quantitative estimate of drug-likeness (QED) is 0.806. The molecule has 0 unspecified atom stereocenters. The summed E-state index contributed by atoms with van der Waals surface area (Å²) in [5.41, 5.74) is 1.79. The number of amides is 1. The van der Waals surface area contributed by atoms with Gasteiger partial charge in [0.2, 0.25) is 0 Å². The van der Waals surface area contributed by atoms with Crippen LogP contribution in [-0.2, 0) is 4.74 Å². The van der Waals surface area contributed by atoms with Crippen molar-refractivity contribution in [2.45, 2.75) is 38.7 Å². The summed E-state index contributed by atoms with van der Waals surface area (Å²) >= 11 is 0. The molecule has 1 fully saturated rings. The van der Waals surface area contributed by atoms with Gasteiger partial charge in [-0.05, 0) is 30.4 Å². The van der Waals surface area contributed by atoms with Crippen molar-refractivity contribution in [2.75, 3.05) is 13.2 Å². The number of hydrogen-bond acceptors (Lipinski definition) is 3. The van der Waals surface area contributed by atoms with Gasteiger partial charge in [-0.2, -0.15) is 0 Å². The molecule has 1 N–H and O–H groups in total. The fraction of sp³-hybridized carbons (Fsp3) is 0.450. The number of benzene rings is 1. The average Bonchev–Trinajstić information content (AvgIpc) is 3.10. The Hall–Kier alpha value is -2.07. The van der Waals surface area contributed by atoms with Crippen LogP contribution in [0.4, 0.5) is 0 Å². The molecule has 1 aromatic carbocycles. The maximum absolute atomic E-state index is 12.4. The summed E-state index contributed by atoms with van der Waals surface area (Å²) in [5, 5.41) is 2.89. The molecular weight excluding hydrogens is 302 g/mol. The second kappa shape index (κ2) is 8.15. The van der Waals surface area contributed by atoms with E-state index in [0.717, 1.165) is 17.5 Å². The van der Waals surface area contributed by atoms with E-state index in [-0.39, 0.29) is 5.91 Å². The van der Waals surface area contributed by atoms with Gasteiger partial charge < -0.3 is 14.5 Å². The Morgan fingerprint density at radius 3 is 2.79 bits per heavy atom. The summed E-state index contributed by atoms with van der Waals surface area (Å²) in [7, 11) is 0. The summed E-state index contributed by atoms with van der Waals surface area (Å²) < 4.78 is 11.3. The number of rotatable bonds is 6. The summed E-state index contributed by atoms with van der Waals surface area (Å²) in [5.74, 6) is 0.774. The SMILES string of the molecule is C[C@@H]1CCCC[C@H]1OCCNC(=O)c1occc1-c1ccccc1. The molecule has 1 aromatic heterocycles. The fourth-order valence-electron chi connectivity index (χ4n) is 3.32. The average molecular weight is 327 g/mol. The van der Waals surface area contributed by atoms with E-state index in [2.05, 4.69) is 12.2 Å². The third kappa shape index (κ3) is 4.06. The first kappa shape index (κ1) is 16.8. The first-order chi connectivity index (χ1) is 11.8. The Balaban J connectivity index is 1.50. The Labute approximate surface area is 143 Å². The molecule has 1 saturated carbocycles. The van der Waals surface area contributed by atoms with Gasteiger partial charge in [-0.1, -0.05) is 50.1 Å². The molecule has 1 heterocycles. The lowest BCUT2D eigenvalue weighted by molar-refractivity contribution is -0.00300. The van der Waals surface area contributed by atoms with Crippen LogP contribution in [-0.4, -0.2) is 25.2 Å². The van der Waals surface area contributed by atoms with Gasteiger partial charge in [0.25, 0.3) is 5.91 Å². The van der Waals surface area contributed by atoms with Crippen LogP contribution < -0.4 is 5.32 Å². The monoisotopic (exact) mass is 327 g/mol. The molecule has 0 aliphatic heterocycles. The summed E-state index contributed by atoms with van der Waals surface area (Å²) in [6.07, 6.45) is 6.80. The number of carbonyl (C=O) groups excluding carboxylic acids is 1. The molecule has 0 bridgehead atoms. The van der Waals surface area contributed by atoms with Crippen molar-refractivity contribution in [1.82, 2.24) is 5.32 Å². The van der Waals surface area contributed by atoms with Crippen molar-refractivity contribution >= 4 is 5.91 Å². The zero-order chi connectivity index (χ0) is 16.8. The van der Waals surface area contributed by atoms with Crippen LogP contribution in [0, 0.1) is 5.92 Å². The number of ether oxygens (including phenoxy) is 1. The van der Waals surface area contributed by atoms with E-state index in [1.165, 1.54) is 19.3 Å². The molecule has 1 aliphatic rings. The number of nitrogens with one attached hydrogen (secondary N) is 1. The summed E-state index contributed by atoms with van der Waals surface area (Å²) in [4.78, 5) is 12.4. The first-order valence-electron chi connectivity index (χ1n) is 8.78. The van der Waals surface area contributed by atoms with Crippen molar-refractivity contribution < 1.29 is 13.9 Å². The fourth-order valence-corrected chi connectivity index (χ4v) is 3.32. The van der Waals surface area contributed by atoms with E-state index in [1.807, 2.05) is 36.4 Å². The third-order valence-electron chi connectivity index (χ3n) is 4.71. The summed E-state index contributed by atoms with van der Waals surface area (Å²) in [6.45, 7) is 3.29. The molecule has 2 atom stereocenters. The Kier molecular flexibility index (Phi) is 5.70. The molecule has 4 heteroatoms. The first-order valence-corrected chi connectivity index (χ1v) is 8.78. The summed E-state index contributed by atoms with van der Waals surface area (Å²) in [6, 6.07) is 11.6. The lowest BCUT2D eigenvalue weighted by atomic mass is 9.88. The van der Waals surface area contributed by atoms with Crippen LogP contribution in [0.3, 0.4) is 0 Å². The molecule has 24 heavy (non-hydrogen) atoms. The predicted molar refractivity (Wildman–Crippen MR) is 93.8 cm³/mol. The minimum Gasteiger partial charge on any atom is -0.459 e. The molecule has 0 radical (unpaired) electrons.